The Bertz CT molecular complexity index is 1550. The number of nitrogens with zero attached hydrogens (tertiary/aromatic N) is 6. The molecule has 1 aromatic carbocycles. The van der Waals surface area contributed by atoms with E-state index in [0.29, 0.717) is 70.9 Å². The number of aryl methyl sites for hydroxylation is 1. The third kappa shape index (κ3) is 7.40. The van der Waals surface area contributed by atoms with Gasteiger partial charge >= 0.3 is 0 Å². The first-order chi connectivity index (χ1) is 22.2. The van der Waals surface area contributed by atoms with E-state index >= 15 is 0 Å². The molecule has 0 aliphatic carbocycles. The number of aromatic nitrogens is 3. The molecular formula is C32H42N8O6. The zero-order valence-electron chi connectivity index (χ0n) is 26.6. The lowest BCUT2D eigenvalue weighted by molar-refractivity contribution is -0.132. The average molecular weight is 635 g/mol. The fourth-order valence-corrected chi connectivity index (χ4v) is 6.03. The van der Waals surface area contributed by atoms with Gasteiger partial charge in [-0.15, -0.1) is 0 Å². The summed E-state index contributed by atoms with van der Waals surface area (Å²) in [7, 11) is 0. The van der Waals surface area contributed by atoms with Gasteiger partial charge in [-0.1, -0.05) is 6.07 Å². The van der Waals surface area contributed by atoms with E-state index in [-0.39, 0.29) is 30.1 Å². The minimum Gasteiger partial charge on any atom is -0.485 e. The van der Waals surface area contributed by atoms with Crippen LogP contribution in [0.25, 0.3) is 0 Å². The van der Waals surface area contributed by atoms with Crippen LogP contribution in [0.5, 0.6) is 5.75 Å². The van der Waals surface area contributed by atoms with Gasteiger partial charge in [0.25, 0.3) is 5.91 Å². The number of likely N-dealkylation sites (tertiary alicyclic amines) is 1. The molecule has 0 unspecified atom stereocenters. The minimum atomic E-state index is -0.759. The lowest BCUT2D eigenvalue weighted by Crippen LogP contribution is -2.56. The number of ether oxygens (including phenoxy) is 2. The molecule has 246 valence electrons. The van der Waals surface area contributed by atoms with Gasteiger partial charge in [0.1, 0.15) is 23.9 Å². The molecule has 2 fully saturated rings. The predicted octanol–water partition coefficient (Wildman–Crippen LogP) is 1.29. The first-order valence-corrected chi connectivity index (χ1v) is 15.8. The van der Waals surface area contributed by atoms with Crippen LogP contribution < -0.4 is 20.3 Å². The van der Waals surface area contributed by atoms with Crippen LogP contribution in [0.2, 0.25) is 0 Å². The second kappa shape index (κ2) is 14.0. The van der Waals surface area contributed by atoms with Crippen molar-refractivity contribution in [3.63, 3.8) is 0 Å². The number of carbonyl (C=O) groups excluding carboxylic acids is 2. The monoisotopic (exact) mass is 634 g/mol. The molecule has 5 heterocycles. The first-order valence-electron chi connectivity index (χ1n) is 15.8. The van der Waals surface area contributed by atoms with Gasteiger partial charge in [0.15, 0.2) is 12.2 Å². The summed E-state index contributed by atoms with van der Waals surface area (Å²) in [5, 5.41) is 17.1. The molecule has 3 aliphatic rings. The van der Waals surface area contributed by atoms with E-state index in [1.807, 2.05) is 17.9 Å². The number of hydrogen-bond acceptors (Lipinski definition) is 12. The molecular weight excluding hydrogens is 592 g/mol. The molecule has 3 aromatic rings. The van der Waals surface area contributed by atoms with E-state index in [1.54, 1.807) is 17.9 Å². The standard InChI is InChI=1S/C32H42N8O6/c1-20-26-6-7-38(14-23(26)4-5-28(20)45-18-29-21(2)34-19-46-29)17-25(42)13-33-31(43)27-12-30(35-24-15-40(16-24)22(3)41)37-32(36-27)39-8-10-44-11-9-39/h4-5,12,19,24-25,42H,6-11,13-18H2,1-3H3,(H,33,43)(H,35,36,37)/t25-/m0/s1. The molecule has 1 atom stereocenters. The smallest absolute Gasteiger partial charge is 0.270 e. The van der Waals surface area contributed by atoms with Gasteiger partial charge in [-0.05, 0) is 43.0 Å². The zero-order valence-corrected chi connectivity index (χ0v) is 26.6. The highest BCUT2D eigenvalue weighted by molar-refractivity contribution is 5.93. The van der Waals surface area contributed by atoms with Crippen molar-refractivity contribution in [3.05, 3.63) is 58.4 Å². The Labute approximate surface area is 268 Å². The van der Waals surface area contributed by atoms with E-state index in [1.165, 1.54) is 17.5 Å². The van der Waals surface area contributed by atoms with Gasteiger partial charge in [-0.25, -0.2) is 9.97 Å². The van der Waals surface area contributed by atoms with Crippen LogP contribution in [0.4, 0.5) is 11.8 Å². The molecule has 3 N–H and O–H groups in total. The topological polar surface area (TPSA) is 158 Å². The van der Waals surface area contributed by atoms with Crippen molar-refractivity contribution in [2.45, 2.75) is 52.5 Å². The number of β-amino-alcohol motifs (C(OH)–C–C–N with tert-alkyl or cyclic N) is 1. The fraction of sp³-hybridized carbons (Fsp3) is 0.531. The van der Waals surface area contributed by atoms with Crippen LogP contribution in [0.15, 0.2) is 29.0 Å². The summed E-state index contributed by atoms with van der Waals surface area (Å²) >= 11 is 0. The summed E-state index contributed by atoms with van der Waals surface area (Å²) in [4.78, 5) is 44.1. The molecule has 3 aliphatic heterocycles. The van der Waals surface area contributed by atoms with Crippen molar-refractivity contribution in [3.8, 4) is 5.75 Å². The van der Waals surface area contributed by atoms with Gasteiger partial charge in [-0.3, -0.25) is 14.5 Å². The Balaban J connectivity index is 1.03. The van der Waals surface area contributed by atoms with Crippen molar-refractivity contribution in [2.24, 2.45) is 0 Å². The average Bonchev–Trinajstić information content (AvgIpc) is 3.45. The van der Waals surface area contributed by atoms with Crippen LogP contribution in [-0.4, -0.2) is 113 Å². The Morgan fingerprint density at radius 3 is 2.70 bits per heavy atom. The summed E-state index contributed by atoms with van der Waals surface area (Å²) in [5.41, 5.74) is 4.63. The van der Waals surface area contributed by atoms with Crippen molar-refractivity contribution >= 4 is 23.6 Å². The summed E-state index contributed by atoms with van der Waals surface area (Å²) < 4.78 is 16.9. The van der Waals surface area contributed by atoms with Crippen molar-refractivity contribution in [1.82, 2.24) is 30.1 Å². The van der Waals surface area contributed by atoms with E-state index in [9.17, 15) is 14.7 Å². The molecule has 14 heteroatoms. The largest absolute Gasteiger partial charge is 0.485 e. The van der Waals surface area contributed by atoms with E-state index in [2.05, 4.69) is 43.5 Å². The highest BCUT2D eigenvalue weighted by atomic mass is 16.5. The quantitative estimate of drug-likeness (QED) is 0.278. The Morgan fingerprint density at radius 1 is 1.15 bits per heavy atom. The highest BCUT2D eigenvalue weighted by Crippen LogP contribution is 2.30. The maximum absolute atomic E-state index is 13.2. The van der Waals surface area contributed by atoms with Crippen LogP contribution in [0.3, 0.4) is 0 Å². The number of morpholine rings is 1. The fourth-order valence-electron chi connectivity index (χ4n) is 6.03. The third-order valence-corrected chi connectivity index (χ3v) is 8.81. The Hall–Kier alpha value is -4.27. The number of rotatable bonds is 11. The molecule has 0 bridgehead atoms. The predicted molar refractivity (Wildman–Crippen MR) is 169 cm³/mol. The van der Waals surface area contributed by atoms with Gasteiger partial charge in [0.2, 0.25) is 11.9 Å². The molecule has 0 saturated carbocycles. The zero-order chi connectivity index (χ0) is 32.2. The number of benzene rings is 1. The number of fused-ring (bicyclic) bond motifs is 1. The van der Waals surface area contributed by atoms with Crippen LogP contribution in [-0.2, 0) is 29.1 Å². The maximum Gasteiger partial charge on any atom is 0.270 e. The van der Waals surface area contributed by atoms with Gasteiger partial charge in [0.05, 0.1) is 31.1 Å². The molecule has 2 saturated heterocycles. The second-order valence-corrected chi connectivity index (χ2v) is 12.1. The normalized spacial score (nSPS) is 17.7. The Kier molecular flexibility index (Phi) is 9.66. The second-order valence-electron chi connectivity index (χ2n) is 12.1. The summed E-state index contributed by atoms with van der Waals surface area (Å²) in [5.74, 6) is 2.17. The number of oxazole rings is 1. The van der Waals surface area contributed by atoms with Crippen molar-refractivity contribution in [2.75, 3.05) is 69.2 Å². The SMILES string of the molecule is CC(=O)N1CC(Nc2cc(C(=O)NC[C@H](O)CN3CCc4c(ccc(OCc5ocnc5C)c4C)C3)nc(N3CCOCC3)n2)C1. The van der Waals surface area contributed by atoms with E-state index in [0.717, 1.165) is 35.7 Å². The number of amides is 2. The highest BCUT2D eigenvalue weighted by Gasteiger charge is 2.29. The van der Waals surface area contributed by atoms with Crippen LogP contribution >= 0.6 is 0 Å². The van der Waals surface area contributed by atoms with Crippen molar-refractivity contribution < 1.29 is 28.6 Å². The van der Waals surface area contributed by atoms with Crippen LogP contribution in [0, 0.1) is 13.8 Å². The minimum absolute atomic E-state index is 0.0335. The number of aliphatic hydroxyl groups excluding tert-OH is 1. The summed E-state index contributed by atoms with van der Waals surface area (Å²) in [6.45, 7) is 11.4. The number of carbonyl (C=O) groups is 2. The molecule has 6 rings (SSSR count). The molecule has 0 spiro atoms. The molecule has 46 heavy (non-hydrogen) atoms. The van der Waals surface area contributed by atoms with E-state index in [4.69, 9.17) is 13.9 Å². The molecule has 0 radical (unpaired) electrons. The number of nitrogens with one attached hydrogen (secondary N) is 2. The summed E-state index contributed by atoms with van der Waals surface area (Å²) in [6, 6.07) is 5.74. The van der Waals surface area contributed by atoms with Gasteiger partial charge in [-0.2, -0.15) is 4.98 Å². The Morgan fingerprint density at radius 2 is 1.96 bits per heavy atom. The summed E-state index contributed by atoms with van der Waals surface area (Å²) in [6.07, 6.45) is 1.51. The number of aliphatic hydroxyl groups is 1. The van der Waals surface area contributed by atoms with Gasteiger partial charge in [0, 0.05) is 65.3 Å². The molecule has 14 nitrogen and oxygen atoms in total. The third-order valence-electron chi connectivity index (χ3n) is 8.81. The number of hydrogen-bond donors (Lipinski definition) is 3. The van der Waals surface area contributed by atoms with Crippen LogP contribution in [0.1, 0.15) is 45.6 Å². The first kappa shape index (κ1) is 31.7. The molecule has 2 amide bonds. The number of anilines is 2. The lowest BCUT2D eigenvalue weighted by atomic mass is 9.94. The van der Waals surface area contributed by atoms with E-state index < -0.39 is 6.10 Å². The van der Waals surface area contributed by atoms with Crippen molar-refractivity contribution in [1.29, 1.82) is 0 Å². The molecule has 2 aromatic heterocycles. The maximum atomic E-state index is 13.2. The lowest BCUT2D eigenvalue weighted by Gasteiger charge is -2.39. The van der Waals surface area contributed by atoms with Gasteiger partial charge < -0.3 is 39.4 Å².